The molecule has 5 rings (SSSR count). The lowest BCUT2D eigenvalue weighted by Crippen LogP contribution is -1.97. The maximum Gasteiger partial charge on any atom is 0.102 e. The van der Waals surface area contributed by atoms with Crippen LogP contribution in [0.4, 0.5) is 0 Å². The van der Waals surface area contributed by atoms with Gasteiger partial charge in [0.25, 0.3) is 0 Å². The molecule has 136 valence electrons. The molecule has 0 amide bonds. The van der Waals surface area contributed by atoms with Crippen LogP contribution in [-0.4, -0.2) is 14.8 Å². The van der Waals surface area contributed by atoms with Crippen molar-refractivity contribution in [3.8, 4) is 16.9 Å². The third-order valence-electron chi connectivity index (χ3n) is 5.06. The summed E-state index contributed by atoms with van der Waals surface area (Å²) in [4.78, 5) is 4.70. The van der Waals surface area contributed by atoms with E-state index in [1.165, 1.54) is 11.1 Å². The Morgan fingerprint density at radius 3 is 2.25 bits per heavy atom. The Hall–Kier alpha value is -3.17. The molecule has 0 bridgehead atoms. The van der Waals surface area contributed by atoms with Crippen molar-refractivity contribution >= 4 is 33.4 Å². The van der Waals surface area contributed by atoms with Crippen LogP contribution in [0.3, 0.4) is 0 Å². The van der Waals surface area contributed by atoms with Gasteiger partial charge in [0.1, 0.15) is 5.69 Å². The molecule has 0 radical (unpaired) electrons. The van der Waals surface area contributed by atoms with Crippen molar-refractivity contribution in [3.05, 3.63) is 89.1 Å². The van der Waals surface area contributed by atoms with E-state index < -0.39 is 0 Å². The Kier molecular flexibility index (Phi) is 3.92. The Morgan fingerprint density at radius 2 is 1.50 bits per heavy atom. The molecule has 0 spiro atoms. The number of rotatable bonds is 2. The molecule has 5 aromatic rings. The number of aryl methyl sites for hydroxylation is 2. The Morgan fingerprint density at radius 1 is 0.786 bits per heavy atom. The summed E-state index contributed by atoms with van der Waals surface area (Å²) in [5.74, 6) is 0. The van der Waals surface area contributed by atoms with Crippen LogP contribution in [0, 0.1) is 13.8 Å². The van der Waals surface area contributed by atoms with Crippen molar-refractivity contribution < 1.29 is 0 Å². The first-order chi connectivity index (χ1) is 13.6. The quantitative estimate of drug-likeness (QED) is 0.348. The molecule has 0 aliphatic carbocycles. The standard InChI is InChI=1S/C24H18ClN3/c1-15-3-10-19(11-4-15)28-24-20-13-16(2)5-12-22(20)26-14-21(24)23(27-28)17-6-8-18(25)9-7-17/h3-14H,1-2H3. The summed E-state index contributed by atoms with van der Waals surface area (Å²) in [5.41, 5.74) is 7.42. The van der Waals surface area contributed by atoms with Gasteiger partial charge in [-0.2, -0.15) is 5.10 Å². The highest BCUT2D eigenvalue weighted by atomic mass is 35.5. The van der Waals surface area contributed by atoms with E-state index in [9.17, 15) is 0 Å². The van der Waals surface area contributed by atoms with Gasteiger partial charge >= 0.3 is 0 Å². The van der Waals surface area contributed by atoms with Crippen LogP contribution >= 0.6 is 11.6 Å². The summed E-state index contributed by atoms with van der Waals surface area (Å²) in [6.07, 6.45) is 1.93. The van der Waals surface area contributed by atoms with Crippen LogP contribution in [0.15, 0.2) is 72.9 Å². The molecular weight excluding hydrogens is 366 g/mol. The third kappa shape index (κ3) is 2.76. The highest BCUT2D eigenvalue weighted by molar-refractivity contribution is 6.30. The summed E-state index contributed by atoms with van der Waals surface area (Å²) in [6.45, 7) is 4.19. The number of aromatic nitrogens is 3. The number of hydrogen-bond acceptors (Lipinski definition) is 2. The number of benzene rings is 3. The molecule has 0 N–H and O–H groups in total. The van der Waals surface area contributed by atoms with Gasteiger partial charge in [0.05, 0.1) is 16.7 Å². The van der Waals surface area contributed by atoms with E-state index in [1.54, 1.807) is 0 Å². The normalized spacial score (nSPS) is 11.4. The van der Waals surface area contributed by atoms with Gasteiger partial charge in [-0.05, 0) is 50.2 Å². The van der Waals surface area contributed by atoms with Crippen molar-refractivity contribution in [2.24, 2.45) is 0 Å². The van der Waals surface area contributed by atoms with Crippen LogP contribution in [0.25, 0.3) is 38.8 Å². The highest BCUT2D eigenvalue weighted by Crippen LogP contribution is 2.34. The third-order valence-corrected chi connectivity index (χ3v) is 5.31. The maximum absolute atomic E-state index is 6.09. The molecule has 3 aromatic carbocycles. The lowest BCUT2D eigenvalue weighted by molar-refractivity contribution is 0.917. The van der Waals surface area contributed by atoms with E-state index in [0.29, 0.717) is 5.02 Å². The van der Waals surface area contributed by atoms with E-state index in [1.807, 2.05) is 35.1 Å². The highest BCUT2D eigenvalue weighted by Gasteiger charge is 2.17. The van der Waals surface area contributed by atoms with Crippen molar-refractivity contribution in [2.75, 3.05) is 0 Å². The first-order valence-electron chi connectivity index (χ1n) is 9.21. The summed E-state index contributed by atoms with van der Waals surface area (Å²) < 4.78 is 2.03. The molecule has 0 saturated heterocycles. The lowest BCUT2D eigenvalue weighted by Gasteiger charge is -2.07. The van der Waals surface area contributed by atoms with Crippen molar-refractivity contribution in [3.63, 3.8) is 0 Å². The SMILES string of the molecule is Cc1ccc(-n2nc(-c3ccc(Cl)cc3)c3cnc4ccc(C)cc4c32)cc1. The van der Waals surface area contributed by atoms with Crippen LogP contribution < -0.4 is 0 Å². The van der Waals surface area contributed by atoms with Crippen LogP contribution in [0.1, 0.15) is 11.1 Å². The van der Waals surface area contributed by atoms with E-state index >= 15 is 0 Å². The Labute approximate surface area is 168 Å². The van der Waals surface area contributed by atoms with Gasteiger partial charge < -0.3 is 0 Å². The smallest absolute Gasteiger partial charge is 0.102 e. The van der Waals surface area contributed by atoms with Crippen LogP contribution in [-0.2, 0) is 0 Å². The average molecular weight is 384 g/mol. The number of nitrogens with zero attached hydrogens (tertiary/aromatic N) is 3. The molecule has 0 aliphatic rings. The van der Waals surface area contributed by atoms with E-state index in [-0.39, 0.29) is 0 Å². The van der Waals surface area contributed by atoms with E-state index in [2.05, 4.69) is 56.3 Å². The second-order valence-electron chi connectivity index (χ2n) is 7.14. The minimum Gasteiger partial charge on any atom is -0.255 e. The molecule has 0 fully saturated rings. The van der Waals surface area contributed by atoms with Crippen molar-refractivity contribution in [2.45, 2.75) is 13.8 Å². The molecule has 4 heteroatoms. The zero-order valence-corrected chi connectivity index (χ0v) is 16.4. The first kappa shape index (κ1) is 17.0. The first-order valence-corrected chi connectivity index (χ1v) is 9.59. The van der Waals surface area contributed by atoms with Gasteiger partial charge in [-0.1, -0.05) is 53.1 Å². The molecule has 0 aliphatic heterocycles. The minimum absolute atomic E-state index is 0.713. The van der Waals surface area contributed by atoms with Crippen LogP contribution in [0.5, 0.6) is 0 Å². The minimum atomic E-state index is 0.713. The summed E-state index contributed by atoms with van der Waals surface area (Å²) in [6, 6.07) is 22.6. The monoisotopic (exact) mass is 383 g/mol. The average Bonchev–Trinajstić information content (AvgIpc) is 3.09. The largest absolute Gasteiger partial charge is 0.255 e. The van der Waals surface area contributed by atoms with Crippen molar-refractivity contribution in [1.29, 1.82) is 0 Å². The summed E-state index contributed by atoms with van der Waals surface area (Å²) >= 11 is 6.09. The zero-order valence-electron chi connectivity index (χ0n) is 15.6. The fourth-order valence-electron chi connectivity index (χ4n) is 3.59. The van der Waals surface area contributed by atoms with Crippen molar-refractivity contribution in [1.82, 2.24) is 14.8 Å². The van der Waals surface area contributed by atoms with Crippen LogP contribution in [0.2, 0.25) is 5.02 Å². The van der Waals surface area contributed by atoms with Gasteiger partial charge in [-0.25, -0.2) is 4.68 Å². The maximum atomic E-state index is 6.09. The molecule has 2 aromatic heterocycles. The number of fused-ring (bicyclic) bond motifs is 3. The predicted octanol–water partition coefficient (Wildman–Crippen LogP) is 6.51. The second-order valence-corrected chi connectivity index (χ2v) is 7.58. The van der Waals surface area contributed by atoms with Gasteiger partial charge in [0.2, 0.25) is 0 Å². The summed E-state index contributed by atoms with van der Waals surface area (Å²) in [7, 11) is 0. The molecule has 0 saturated carbocycles. The van der Waals surface area contributed by atoms with E-state index in [0.717, 1.165) is 38.8 Å². The number of halogens is 1. The number of pyridine rings is 1. The van der Waals surface area contributed by atoms with Gasteiger partial charge in [-0.15, -0.1) is 0 Å². The van der Waals surface area contributed by atoms with Gasteiger partial charge in [0.15, 0.2) is 0 Å². The van der Waals surface area contributed by atoms with E-state index in [4.69, 9.17) is 21.7 Å². The summed E-state index contributed by atoms with van der Waals surface area (Å²) in [5, 5.41) is 7.85. The molecule has 28 heavy (non-hydrogen) atoms. The lowest BCUT2D eigenvalue weighted by atomic mass is 10.1. The fraction of sp³-hybridized carbons (Fsp3) is 0.0833. The topological polar surface area (TPSA) is 30.7 Å². The zero-order chi connectivity index (χ0) is 19.3. The molecule has 3 nitrogen and oxygen atoms in total. The van der Waals surface area contributed by atoms with Gasteiger partial charge in [-0.3, -0.25) is 4.98 Å². The van der Waals surface area contributed by atoms with Gasteiger partial charge in [0, 0.05) is 27.6 Å². The second kappa shape index (κ2) is 6.47. The molecule has 0 unspecified atom stereocenters. The predicted molar refractivity (Wildman–Crippen MR) is 116 cm³/mol. The molecule has 2 heterocycles. The molecular formula is C24H18ClN3. The fourth-order valence-corrected chi connectivity index (χ4v) is 3.72. The number of hydrogen-bond donors (Lipinski definition) is 0. The Balaban J connectivity index is 1.90. The Bertz CT molecular complexity index is 1320. The molecule has 0 atom stereocenters.